The summed E-state index contributed by atoms with van der Waals surface area (Å²) in [5.41, 5.74) is 7.90. The fourth-order valence-corrected chi connectivity index (χ4v) is 1.57. The summed E-state index contributed by atoms with van der Waals surface area (Å²) < 4.78 is 5.07. The molecular formula is C12H19NO2. The lowest BCUT2D eigenvalue weighted by Crippen LogP contribution is -2.20. The molecule has 1 aromatic rings. The maximum atomic E-state index is 9.06. The smallest absolute Gasteiger partial charge is 0.0713 e. The Kier molecular flexibility index (Phi) is 5.32. The van der Waals surface area contributed by atoms with Crippen LogP contribution in [0.2, 0.25) is 0 Å². The van der Waals surface area contributed by atoms with Crippen molar-refractivity contribution in [1.29, 1.82) is 0 Å². The van der Waals surface area contributed by atoms with Crippen molar-refractivity contribution in [2.75, 3.05) is 20.3 Å². The van der Waals surface area contributed by atoms with Crippen molar-refractivity contribution >= 4 is 0 Å². The van der Waals surface area contributed by atoms with E-state index in [0.29, 0.717) is 13.2 Å². The minimum absolute atomic E-state index is 0.144. The molecule has 15 heavy (non-hydrogen) atoms. The van der Waals surface area contributed by atoms with Crippen LogP contribution in [-0.2, 0) is 17.8 Å². The van der Waals surface area contributed by atoms with Crippen LogP contribution < -0.4 is 5.73 Å². The number of hydrogen-bond acceptors (Lipinski definition) is 3. The van der Waals surface area contributed by atoms with Crippen LogP contribution in [0.1, 0.15) is 11.1 Å². The molecule has 1 aromatic carbocycles. The number of benzene rings is 1. The van der Waals surface area contributed by atoms with Gasteiger partial charge >= 0.3 is 0 Å². The molecule has 0 aromatic heterocycles. The summed E-state index contributed by atoms with van der Waals surface area (Å²) in [5.74, 6) is 0.155. The Hall–Kier alpha value is -0.900. The zero-order valence-corrected chi connectivity index (χ0v) is 9.15. The average molecular weight is 209 g/mol. The SMILES string of the molecule is COCc1cccc(CC(CN)CO)c1. The third-order valence-corrected chi connectivity index (χ3v) is 2.42. The lowest BCUT2D eigenvalue weighted by Gasteiger charge is -2.12. The van der Waals surface area contributed by atoms with Gasteiger partial charge in [-0.15, -0.1) is 0 Å². The molecule has 1 rings (SSSR count). The number of aliphatic hydroxyl groups excluding tert-OH is 1. The Morgan fingerprint density at radius 1 is 1.40 bits per heavy atom. The van der Waals surface area contributed by atoms with Gasteiger partial charge in [-0.1, -0.05) is 24.3 Å². The summed E-state index contributed by atoms with van der Waals surface area (Å²) in [6.45, 7) is 1.29. The topological polar surface area (TPSA) is 55.5 Å². The van der Waals surface area contributed by atoms with Crippen molar-refractivity contribution in [1.82, 2.24) is 0 Å². The van der Waals surface area contributed by atoms with Crippen molar-refractivity contribution in [3.05, 3.63) is 35.4 Å². The monoisotopic (exact) mass is 209 g/mol. The molecule has 0 radical (unpaired) electrons. The predicted octanol–water partition coefficient (Wildman–Crippen LogP) is 0.943. The second-order valence-corrected chi connectivity index (χ2v) is 3.74. The summed E-state index contributed by atoms with van der Waals surface area (Å²) in [7, 11) is 1.68. The van der Waals surface area contributed by atoms with Crippen molar-refractivity contribution < 1.29 is 9.84 Å². The van der Waals surface area contributed by atoms with E-state index in [1.807, 2.05) is 12.1 Å². The van der Waals surface area contributed by atoms with Crippen LogP contribution in [0, 0.1) is 5.92 Å². The third-order valence-electron chi connectivity index (χ3n) is 2.42. The fourth-order valence-electron chi connectivity index (χ4n) is 1.57. The van der Waals surface area contributed by atoms with Gasteiger partial charge in [0.15, 0.2) is 0 Å². The Morgan fingerprint density at radius 2 is 2.13 bits per heavy atom. The van der Waals surface area contributed by atoms with Crippen LogP contribution in [0.15, 0.2) is 24.3 Å². The van der Waals surface area contributed by atoms with E-state index in [1.165, 1.54) is 5.56 Å². The molecule has 0 aliphatic rings. The lowest BCUT2D eigenvalue weighted by molar-refractivity contribution is 0.184. The van der Waals surface area contributed by atoms with Gasteiger partial charge in [-0.3, -0.25) is 0 Å². The zero-order valence-electron chi connectivity index (χ0n) is 9.15. The molecule has 1 unspecified atom stereocenters. The Bertz CT molecular complexity index is 285. The molecule has 0 spiro atoms. The van der Waals surface area contributed by atoms with E-state index in [1.54, 1.807) is 7.11 Å². The average Bonchev–Trinajstić information content (AvgIpc) is 2.27. The van der Waals surface area contributed by atoms with E-state index < -0.39 is 0 Å². The first-order valence-electron chi connectivity index (χ1n) is 5.17. The third kappa shape index (κ3) is 4.00. The highest BCUT2D eigenvalue weighted by atomic mass is 16.5. The van der Waals surface area contributed by atoms with E-state index >= 15 is 0 Å². The van der Waals surface area contributed by atoms with Crippen LogP contribution >= 0.6 is 0 Å². The lowest BCUT2D eigenvalue weighted by atomic mass is 9.99. The van der Waals surface area contributed by atoms with Crippen LogP contribution in [0.4, 0.5) is 0 Å². The molecule has 0 aliphatic heterocycles. The molecule has 0 heterocycles. The number of hydrogen-bond donors (Lipinski definition) is 2. The molecular weight excluding hydrogens is 190 g/mol. The Labute approximate surface area is 90.9 Å². The number of nitrogens with two attached hydrogens (primary N) is 1. The van der Waals surface area contributed by atoms with Gasteiger partial charge in [0, 0.05) is 13.7 Å². The van der Waals surface area contributed by atoms with Crippen LogP contribution in [0.5, 0.6) is 0 Å². The number of methoxy groups -OCH3 is 1. The van der Waals surface area contributed by atoms with E-state index in [0.717, 1.165) is 12.0 Å². The summed E-state index contributed by atoms with van der Waals surface area (Å²) in [4.78, 5) is 0. The van der Waals surface area contributed by atoms with Crippen LogP contribution in [0.3, 0.4) is 0 Å². The predicted molar refractivity (Wildman–Crippen MR) is 60.5 cm³/mol. The molecule has 0 aliphatic carbocycles. The van der Waals surface area contributed by atoms with E-state index in [-0.39, 0.29) is 12.5 Å². The van der Waals surface area contributed by atoms with Gasteiger partial charge in [0.2, 0.25) is 0 Å². The molecule has 0 saturated heterocycles. The molecule has 3 heteroatoms. The van der Waals surface area contributed by atoms with Gasteiger partial charge in [0.25, 0.3) is 0 Å². The van der Waals surface area contributed by atoms with Gasteiger partial charge in [-0.05, 0) is 30.0 Å². The van der Waals surface area contributed by atoms with Gasteiger partial charge < -0.3 is 15.6 Å². The largest absolute Gasteiger partial charge is 0.396 e. The molecule has 0 fully saturated rings. The maximum absolute atomic E-state index is 9.06. The van der Waals surface area contributed by atoms with Gasteiger partial charge in [-0.2, -0.15) is 0 Å². The van der Waals surface area contributed by atoms with E-state index in [4.69, 9.17) is 15.6 Å². The van der Waals surface area contributed by atoms with Gasteiger partial charge in [-0.25, -0.2) is 0 Å². The summed E-state index contributed by atoms with van der Waals surface area (Å²) in [5, 5.41) is 9.06. The fraction of sp³-hybridized carbons (Fsp3) is 0.500. The molecule has 0 amide bonds. The second kappa shape index (κ2) is 6.56. The van der Waals surface area contributed by atoms with Crippen LogP contribution in [0.25, 0.3) is 0 Å². The highest BCUT2D eigenvalue weighted by Gasteiger charge is 2.06. The minimum atomic E-state index is 0.144. The van der Waals surface area contributed by atoms with E-state index in [2.05, 4.69) is 12.1 Å². The zero-order chi connectivity index (χ0) is 11.1. The molecule has 3 nitrogen and oxygen atoms in total. The Morgan fingerprint density at radius 3 is 2.73 bits per heavy atom. The first kappa shape index (κ1) is 12.2. The normalized spacial score (nSPS) is 12.7. The van der Waals surface area contributed by atoms with Crippen molar-refractivity contribution in [2.45, 2.75) is 13.0 Å². The van der Waals surface area contributed by atoms with Crippen molar-refractivity contribution in [3.63, 3.8) is 0 Å². The van der Waals surface area contributed by atoms with Crippen molar-refractivity contribution in [3.8, 4) is 0 Å². The first-order valence-corrected chi connectivity index (χ1v) is 5.17. The molecule has 0 saturated carbocycles. The second-order valence-electron chi connectivity index (χ2n) is 3.74. The summed E-state index contributed by atoms with van der Waals surface area (Å²) in [6.07, 6.45) is 0.824. The molecule has 3 N–H and O–H groups in total. The maximum Gasteiger partial charge on any atom is 0.0713 e. The highest BCUT2D eigenvalue weighted by molar-refractivity contribution is 5.23. The van der Waals surface area contributed by atoms with Gasteiger partial charge in [0.05, 0.1) is 6.61 Å². The number of ether oxygens (including phenoxy) is 1. The molecule has 1 atom stereocenters. The van der Waals surface area contributed by atoms with Crippen LogP contribution in [-0.4, -0.2) is 25.4 Å². The quantitative estimate of drug-likeness (QED) is 0.733. The highest BCUT2D eigenvalue weighted by Crippen LogP contribution is 2.11. The van der Waals surface area contributed by atoms with E-state index in [9.17, 15) is 0 Å². The standard InChI is InChI=1S/C12H19NO2/c1-15-9-11-4-2-3-10(5-11)6-12(7-13)8-14/h2-5,12,14H,6-9,13H2,1H3. The summed E-state index contributed by atoms with van der Waals surface area (Å²) >= 11 is 0. The van der Waals surface area contributed by atoms with Gasteiger partial charge in [0.1, 0.15) is 0 Å². The molecule has 0 bridgehead atoms. The number of rotatable bonds is 6. The Balaban J connectivity index is 2.64. The number of aliphatic hydroxyl groups is 1. The first-order chi connectivity index (χ1) is 7.30. The molecule has 84 valence electrons. The minimum Gasteiger partial charge on any atom is -0.396 e. The summed E-state index contributed by atoms with van der Waals surface area (Å²) in [6, 6.07) is 8.19. The van der Waals surface area contributed by atoms with Crippen molar-refractivity contribution in [2.24, 2.45) is 11.7 Å².